The molecule has 0 fully saturated rings. The highest BCUT2D eigenvalue weighted by Crippen LogP contribution is 2.23. The Morgan fingerprint density at radius 1 is 0.893 bits per heavy atom. The van der Waals surface area contributed by atoms with E-state index in [9.17, 15) is 4.79 Å². The summed E-state index contributed by atoms with van der Waals surface area (Å²) in [7, 11) is 1.38. The van der Waals surface area contributed by atoms with Crippen molar-refractivity contribution < 1.29 is 14.3 Å². The van der Waals surface area contributed by atoms with E-state index in [-0.39, 0.29) is 5.97 Å². The van der Waals surface area contributed by atoms with Crippen molar-refractivity contribution in [3.63, 3.8) is 0 Å². The number of hydrogen-bond donors (Lipinski definition) is 0. The second kappa shape index (κ2) is 8.06. The number of carbonyl (C=O) groups excluding carboxylic acids is 1. The SMILES string of the molecule is COC(=O)c1ccc(-n2c(COCc3ccccc3)nc3ccccc32)cc1. The average Bonchev–Trinajstić information content (AvgIpc) is 3.12. The molecular formula is C23H20N2O3. The molecule has 3 aromatic carbocycles. The predicted octanol–water partition coefficient (Wildman–Crippen LogP) is 4.53. The second-order valence-corrected chi connectivity index (χ2v) is 6.37. The first-order chi connectivity index (χ1) is 13.8. The first-order valence-corrected chi connectivity index (χ1v) is 9.03. The molecule has 0 saturated heterocycles. The molecule has 0 bridgehead atoms. The Hall–Kier alpha value is -3.44. The third-order valence-electron chi connectivity index (χ3n) is 4.52. The quantitative estimate of drug-likeness (QED) is 0.467. The molecule has 1 aromatic heterocycles. The third kappa shape index (κ3) is 3.66. The first kappa shape index (κ1) is 17.9. The smallest absolute Gasteiger partial charge is 0.337 e. The van der Waals surface area contributed by atoms with Gasteiger partial charge in [-0.3, -0.25) is 4.57 Å². The first-order valence-electron chi connectivity index (χ1n) is 9.03. The van der Waals surface area contributed by atoms with E-state index in [4.69, 9.17) is 14.5 Å². The van der Waals surface area contributed by atoms with Crippen molar-refractivity contribution in [1.82, 2.24) is 9.55 Å². The monoisotopic (exact) mass is 372 g/mol. The molecule has 140 valence electrons. The molecule has 0 spiro atoms. The van der Waals surface area contributed by atoms with Gasteiger partial charge in [-0.05, 0) is 42.0 Å². The molecule has 0 aliphatic rings. The van der Waals surface area contributed by atoms with Crippen LogP contribution in [0, 0.1) is 0 Å². The van der Waals surface area contributed by atoms with Crippen molar-refractivity contribution in [2.75, 3.05) is 7.11 Å². The largest absolute Gasteiger partial charge is 0.465 e. The topological polar surface area (TPSA) is 53.4 Å². The Morgan fingerprint density at radius 3 is 2.36 bits per heavy atom. The summed E-state index contributed by atoms with van der Waals surface area (Å²) < 4.78 is 12.8. The lowest BCUT2D eigenvalue weighted by molar-refractivity contribution is 0.0600. The van der Waals surface area contributed by atoms with Crippen molar-refractivity contribution >= 4 is 17.0 Å². The molecule has 0 atom stereocenters. The Morgan fingerprint density at radius 2 is 1.61 bits per heavy atom. The Labute approximate surface area is 163 Å². The number of methoxy groups -OCH3 is 1. The van der Waals surface area contributed by atoms with Gasteiger partial charge in [0, 0.05) is 5.69 Å². The fourth-order valence-electron chi connectivity index (χ4n) is 3.16. The van der Waals surface area contributed by atoms with Crippen LogP contribution in [0.1, 0.15) is 21.7 Å². The van der Waals surface area contributed by atoms with Crippen LogP contribution in [0.4, 0.5) is 0 Å². The minimum Gasteiger partial charge on any atom is -0.465 e. The molecule has 0 N–H and O–H groups in total. The Kier molecular flexibility index (Phi) is 5.17. The van der Waals surface area contributed by atoms with Gasteiger partial charge in [0.1, 0.15) is 12.4 Å². The molecule has 0 radical (unpaired) electrons. The lowest BCUT2D eigenvalue weighted by Crippen LogP contribution is -2.05. The van der Waals surface area contributed by atoms with Crippen LogP contribution in [0.25, 0.3) is 16.7 Å². The number of imidazole rings is 1. The summed E-state index contributed by atoms with van der Waals surface area (Å²) >= 11 is 0. The van der Waals surface area contributed by atoms with Crippen LogP contribution >= 0.6 is 0 Å². The van der Waals surface area contributed by atoms with Crippen LogP contribution in [0.3, 0.4) is 0 Å². The van der Waals surface area contributed by atoms with Gasteiger partial charge in [0.25, 0.3) is 0 Å². The summed E-state index contributed by atoms with van der Waals surface area (Å²) in [5.74, 6) is 0.455. The fraction of sp³-hybridized carbons (Fsp3) is 0.130. The summed E-state index contributed by atoms with van der Waals surface area (Å²) in [5.41, 5.74) is 4.44. The van der Waals surface area contributed by atoms with Crippen LogP contribution in [-0.2, 0) is 22.7 Å². The number of rotatable bonds is 6. The zero-order valence-corrected chi connectivity index (χ0v) is 15.5. The number of esters is 1. The summed E-state index contributed by atoms with van der Waals surface area (Å²) in [6, 6.07) is 25.3. The van der Waals surface area contributed by atoms with Crippen molar-refractivity contribution in [2.24, 2.45) is 0 Å². The standard InChI is InChI=1S/C23H20N2O3/c1-27-23(26)18-11-13-19(14-12-18)25-21-10-6-5-9-20(21)24-22(25)16-28-15-17-7-3-2-4-8-17/h2-14H,15-16H2,1H3. The number of carbonyl (C=O) groups is 1. The molecule has 0 aliphatic carbocycles. The number of fused-ring (bicyclic) bond motifs is 1. The Balaban J connectivity index is 1.64. The highest BCUT2D eigenvalue weighted by atomic mass is 16.5. The zero-order valence-electron chi connectivity index (χ0n) is 15.5. The number of nitrogens with zero attached hydrogens (tertiary/aromatic N) is 2. The lowest BCUT2D eigenvalue weighted by Gasteiger charge is -2.11. The van der Waals surface area contributed by atoms with Crippen molar-refractivity contribution in [2.45, 2.75) is 13.2 Å². The number of benzene rings is 3. The van der Waals surface area contributed by atoms with Gasteiger partial charge >= 0.3 is 5.97 Å². The van der Waals surface area contributed by atoms with Crippen LogP contribution in [0.2, 0.25) is 0 Å². The molecule has 0 aliphatic heterocycles. The van der Waals surface area contributed by atoms with Crippen LogP contribution in [0.15, 0.2) is 78.9 Å². The van der Waals surface area contributed by atoms with Crippen LogP contribution in [0.5, 0.6) is 0 Å². The highest BCUT2D eigenvalue weighted by Gasteiger charge is 2.13. The van der Waals surface area contributed by atoms with Crippen molar-refractivity contribution in [1.29, 1.82) is 0 Å². The minimum absolute atomic E-state index is 0.353. The molecule has 5 nitrogen and oxygen atoms in total. The van der Waals surface area contributed by atoms with E-state index in [1.54, 1.807) is 12.1 Å². The van der Waals surface area contributed by atoms with Gasteiger partial charge in [-0.15, -0.1) is 0 Å². The maximum absolute atomic E-state index is 11.7. The number of para-hydroxylation sites is 2. The third-order valence-corrected chi connectivity index (χ3v) is 4.52. The molecule has 1 heterocycles. The van der Waals surface area contributed by atoms with E-state index in [0.29, 0.717) is 18.8 Å². The fourth-order valence-corrected chi connectivity index (χ4v) is 3.16. The number of ether oxygens (including phenoxy) is 2. The predicted molar refractivity (Wildman–Crippen MR) is 107 cm³/mol. The summed E-state index contributed by atoms with van der Waals surface area (Å²) in [6.45, 7) is 0.896. The van der Waals surface area contributed by atoms with E-state index >= 15 is 0 Å². The van der Waals surface area contributed by atoms with E-state index < -0.39 is 0 Å². The van der Waals surface area contributed by atoms with E-state index in [0.717, 1.165) is 28.1 Å². The molecule has 0 saturated carbocycles. The second-order valence-electron chi connectivity index (χ2n) is 6.37. The number of hydrogen-bond acceptors (Lipinski definition) is 4. The molecule has 4 rings (SSSR count). The molecule has 0 amide bonds. The van der Waals surface area contributed by atoms with E-state index in [1.165, 1.54) is 7.11 Å². The molecular weight excluding hydrogens is 352 g/mol. The van der Waals surface area contributed by atoms with Gasteiger partial charge in [-0.2, -0.15) is 0 Å². The van der Waals surface area contributed by atoms with Gasteiger partial charge in [0.2, 0.25) is 0 Å². The van der Waals surface area contributed by atoms with Crippen LogP contribution in [-0.4, -0.2) is 22.6 Å². The lowest BCUT2D eigenvalue weighted by atomic mass is 10.2. The summed E-state index contributed by atoms with van der Waals surface area (Å²) in [4.78, 5) is 16.4. The normalized spacial score (nSPS) is 10.9. The average molecular weight is 372 g/mol. The van der Waals surface area contributed by atoms with Gasteiger partial charge in [-0.1, -0.05) is 42.5 Å². The maximum Gasteiger partial charge on any atom is 0.337 e. The minimum atomic E-state index is -0.353. The van der Waals surface area contributed by atoms with Gasteiger partial charge in [-0.25, -0.2) is 9.78 Å². The van der Waals surface area contributed by atoms with E-state index in [2.05, 4.69) is 4.57 Å². The molecule has 28 heavy (non-hydrogen) atoms. The van der Waals surface area contributed by atoms with Gasteiger partial charge in [0.05, 0.1) is 30.3 Å². The van der Waals surface area contributed by atoms with Gasteiger partial charge in [0.15, 0.2) is 0 Å². The highest BCUT2D eigenvalue weighted by molar-refractivity contribution is 5.89. The zero-order chi connectivity index (χ0) is 19.3. The van der Waals surface area contributed by atoms with Gasteiger partial charge < -0.3 is 9.47 Å². The van der Waals surface area contributed by atoms with Crippen molar-refractivity contribution in [3.8, 4) is 5.69 Å². The van der Waals surface area contributed by atoms with E-state index in [1.807, 2.05) is 66.7 Å². The summed E-state index contributed by atoms with van der Waals surface area (Å²) in [5, 5.41) is 0. The van der Waals surface area contributed by atoms with Crippen molar-refractivity contribution in [3.05, 3.63) is 95.8 Å². The summed E-state index contributed by atoms with van der Waals surface area (Å²) in [6.07, 6.45) is 0. The molecule has 4 aromatic rings. The Bertz CT molecular complexity index is 1090. The van der Waals surface area contributed by atoms with Crippen LogP contribution < -0.4 is 0 Å². The number of aromatic nitrogens is 2. The molecule has 0 unspecified atom stereocenters. The molecule has 5 heteroatoms. The maximum atomic E-state index is 11.7.